The molecule has 1 saturated heterocycles. The number of rotatable bonds is 5. The molecule has 21 heavy (non-hydrogen) atoms. The molecule has 0 amide bonds. The second-order valence-electron chi connectivity index (χ2n) is 5.23. The van der Waals surface area contributed by atoms with E-state index in [0.717, 1.165) is 32.2 Å². The fourth-order valence-electron chi connectivity index (χ4n) is 2.83. The third-order valence-electron chi connectivity index (χ3n) is 3.84. The first-order valence-corrected chi connectivity index (χ1v) is 7.23. The number of nitrogens with zero attached hydrogens (tertiary/aromatic N) is 4. The van der Waals surface area contributed by atoms with Crippen LogP contribution in [0.25, 0.3) is 11.5 Å². The predicted octanol–water partition coefficient (Wildman–Crippen LogP) is 1.91. The second-order valence-corrected chi connectivity index (χ2v) is 5.23. The maximum atomic E-state index is 5.51. The maximum absolute atomic E-state index is 5.51. The van der Waals surface area contributed by atoms with Crippen LogP contribution in [0.3, 0.4) is 0 Å². The molecular formula is C14H19N5O2. The lowest BCUT2D eigenvalue weighted by Crippen LogP contribution is -2.36. The Morgan fingerprint density at radius 3 is 3.05 bits per heavy atom. The van der Waals surface area contributed by atoms with Crippen molar-refractivity contribution in [2.24, 2.45) is 0 Å². The Bertz CT molecular complexity index is 607. The molecule has 2 aromatic heterocycles. The molecule has 1 atom stereocenters. The van der Waals surface area contributed by atoms with Crippen LogP contribution in [0.5, 0.6) is 5.88 Å². The minimum atomic E-state index is -0.183. The highest BCUT2D eigenvalue weighted by Crippen LogP contribution is 2.35. The summed E-state index contributed by atoms with van der Waals surface area (Å²) in [6.45, 7) is 3.15. The van der Waals surface area contributed by atoms with Crippen molar-refractivity contribution in [1.82, 2.24) is 25.4 Å². The molecule has 112 valence electrons. The van der Waals surface area contributed by atoms with E-state index in [9.17, 15) is 0 Å². The molecule has 0 saturated carbocycles. The molecule has 2 aromatic rings. The van der Waals surface area contributed by atoms with Crippen molar-refractivity contribution >= 4 is 0 Å². The Hall–Kier alpha value is -2.02. The topological polar surface area (TPSA) is 86.0 Å². The van der Waals surface area contributed by atoms with Crippen molar-refractivity contribution < 1.29 is 9.26 Å². The van der Waals surface area contributed by atoms with Crippen molar-refractivity contribution in [2.75, 3.05) is 13.7 Å². The van der Waals surface area contributed by atoms with Gasteiger partial charge in [-0.05, 0) is 25.8 Å². The first-order valence-electron chi connectivity index (χ1n) is 7.23. The highest BCUT2D eigenvalue weighted by atomic mass is 16.5. The largest absolute Gasteiger partial charge is 0.481 e. The van der Waals surface area contributed by atoms with E-state index in [0.29, 0.717) is 23.3 Å². The average Bonchev–Trinajstić information content (AvgIpc) is 3.17. The molecule has 3 heterocycles. The van der Waals surface area contributed by atoms with Crippen LogP contribution in [0.1, 0.15) is 38.5 Å². The molecule has 3 rings (SSSR count). The Kier molecular flexibility index (Phi) is 3.83. The summed E-state index contributed by atoms with van der Waals surface area (Å²) in [6, 6.07) is 1.70. The van der Waals surface area contributed by atoms with Crippen LogP contribution >= 0.6 is 0 Å². The molecule has 7 heteroatoms. The van der Waals surface area contributed by atoms with Gasteiger partial charge in [-0.15, -0.1) is 0 Å². The first kappa shape index (κ1) is 13.9. The van der Waals surface area contributed by atoms with Crippen molar-refractivity contribution in [3.05, 3.63) is 18.3 Å². The Morgan fingerprint density at radius 2 is 2.33 bits per heavy atom. The summed E-state index contributed by atoms with van der Waals surface area (Å²) >= 11 is 0. The normalized spacial score (nSPS) is 21.6. The molecule has 1 N–H and O–H groups in total. The minimum absolute atomic E-state index is 0.183. The lowest BCUT2D eigenvalue weighted by Gasteiger charge is -2.24. The molecule has 1 aliphatic heterocycles. The predicted molar refractivity (Wildman–Crippen MR) is 75.7 cm³/mol. The van der Waals surface area contributed by atoms with Gasteiger partial charge >= 0.3 is 0 Å². The molecule has 0 radical (unpaired) electrons. The van der Waals surface area contributed by atoms with Crippen molar-refractivity contribution in [2.45, 2.75) is 38.1 Å². The number of nitrogens with one attached hydrogen (secondary N) is 1. The fourth-order valence-corrected chi connectivity index (χ4v) is 2.83. The zero-order valence-electron chi connectivity index (χ0n) is 12.3. The van der Waals surface area contributed by atoms with Gasteiger partial charge in [0, 0.05) is 6.07 Å². The van der Waals surface area contributed by atoms with E-state index in [2.05, 4.69) is 32.3 Å². The SMILES string of the molecule is CCCC1(c2nc(-c3cc(OC)ncn3)no2)CCCN1. The highest BCUT2D eigenvalue weighted by molar-refractivity contribution is 5.49. The van der Waals surface area contributed by atoms with E-state index in [1.165, 1.54) is 6.33 Å². The summed E-state index contributed by atoms with van der Waals surface area (Å²) in [5.41, 5.74) is 0.415. The van der Waals surface area contributed by atoms with Gasteiger partial charge < -0.3 is 14.6 Å². The van der Waals surface area contributed by atoms with Crippen LogP contribution in [-0.2, 0) is 5.54 Å². The summed E-state index contributed by atoms with van der Waals surface area (Å²) in [6.07, 6.45) is 5.63. The van der Waals surface area contributed by atoms with Gasteiger partial charge in [0.15, 0.2) is 0 Å². The van der Waals surface area contributed by atoms with Crippen LogP contribution < -0.4 is 10.1 Å². The lowest BCUT2D eigenvalue weighted by molar-refractivity contribution is 0.241. The second kappa shape index (κ2) is 5.77. The number of hydrogen-bond donors (Lipinski definition) is 1. The molecule has 7 nitrogen and oxygen atoms in total. The summed E-state index contributed by atoms with van der Waals surface area (Å²) < 4.78 is 10.6. The number of hydrogen-bond acceptors (Lipinski definition) is 7. The van der Waals surface area contributed by atoms with Crippen LogP contribution in [0, 0.1) is 0 Å². The van der Waals surface area contributed by atoms with Crippen molar-refractivity contribution in [3.63, 3.8) is 0 Å². The maximum Gasteiger partial charge on any atom is 0.247 e. The quantitative estimate of drug-likeness (QED) is 0.899. The summed E-state index contributed by atoms with van der Waals surface area (Å²) in [7, 11) is 1.56. The Morgan fingerprint density at radius 1 is 1.43 bits per heavy atom. The summed E-state index contributed by atoms with van der Waals surface area (Å²) in [4.78, 5) is 12.7. The Labute approximate surface area is 123 Å². The van der Waals surface area contributed by atoms with Gasteiger partial charge in [-0.25, -0.2) is 9.97 Å². The Balaban J connectivity index is 1.91. The number of ether oxygens (including phenoxy) is 1. The van der Waals surface area contributed by atoms with E-state index in [4.69, 9.17) is 9.26 Å². The molecule has 0 bridgehead atoms. The fraction of sp³-hybridized carbons (Fsp3) is 0.571. The third kappa shape index (κ3) is 2.61. The van der Waals surface area contributed by atoms with Crippen molar-refractivity contribution in [3.8, 4) is 17.4 Å². The molecule has 0 aliphatic carbocycles. The monoisotopic (exact) mass is 289 g/mol. The van der Waals surface area contributed by atoms with E-state index < -0.39 is 0 Å². The molecule has 0 aromatic carbocycles. The zero-order chi connectivity index (χ0) is 14.7. The molecular weight excluding hydrogens is 270 g/mol. The van der Waals surface area contributed by atoms with Gasteiger partial charge in [-0.3, -0.25) is 0 Å². The van der Waals surface area contributed by atoms with Crippen molar-refractivity contribution in [1.29, 1.82) is 0 Å². The van der Waals surface area contributed by atoms with E-state index in [1.807, 2.05) is 0 Å². The van der Waals surface area contributed by atoms with Gasteiger partial charge in [0.25, 0.3) is 0 Å². The molecule has 1 unspecified atom stereocenters. The van der Waals surface area contributed by atoms with E-state index in [-0.39, 0.29) is 5.54 Å². The zero-order valence-corrected chi connectivity index (χ0v) is 12.3. The van der Waals surface area contributed by atoms with Crippen LogP contribution in [-0.4, -0.2) is 33.8 Å². The lowest BCUT2D eigenvalue weighted by atomic mass is 9.92. The summed E-state index contributed by atoms with van der Waals surface area (Å²) in [5.74, 6) is 1.60. The highest BCUT2D eigenvalue weighted by Gasteiger charge is 2.39. The van der Waals surface area contributed by atoms with Gasteiger partial charge in [-0.2, -0.15) is 4.98 Å². The standard InChI is InChI=1S/C14H19N5O2/c1-3-5-14(6-4-7-17-14)13-18-12(19-21-13)10-8-11(20-2)16-9-15-10/h8-9,17H,3-7H2,1-2H3. The van der Waals surface area contributed by atoms with Gasteiger partial charge in [-0.1, -0.05) is 18.5 Å². The molecule has 0 spiro atoms. The van der Waals surface area contributed by atoms with Gasteiger partial charge in [0.2, 0.25) is 17.6 Å². The smallest absolute Gasteiger partial charge is 0.247 e. The van der Waals surface area contributed by atoms with E-state index >= 15 is 0 Å². The number of aromatic nitrogens is 4. The van der Waals surface area contributed by atoms with Crippen LogP contribution in [0.2, 0.25) is 0 Å². The van der Waals surface area contributed by atoms with Gasteiger partial charge in [0.05, 0.1) is 12.6 Å². The van der Waals surface area contributed by atoms with E-state index in [1.54, 1.807) is 13.2 Å². The average molecular weight is 289 g/mol. The molecule has 1 aliphatic rings. The van der Waals surface area contributed by atoms with Crippen LogP contribution in [0.15, 0.2) is 16.9 Å². The first-order chi connectivity index (χ1) is 10.3. The van der Waals surface area contributed by atoms with Gasteiger partial charge in [0.1, 0.15) is 12.0 Å². The summed E-state index contributed by atoms with van der Waals surface area (Å²) in [5, 5.41) is 7.58. The number of methoxy groups -OCH3 is 1. The third-order valence-corrected chi connectivity index (χ3v) is 3.84. The molecule has 1 fully saturated rings. The van der Waals surface area contributed by atoms with Crippen LogP contribution in [0.4, 0.5) is 0 Å². The minimum Gasteiger partial charge on any atom is -0.481 e.